The molecular formula is C9H17NO3. The summed E-state index contributed by atoms with van der Waals surface area (Å²) in [6.45, 7) is 5.84. The number of nitrogens with one attached hydrogen (secondary N) is 1. The molecule has 0 atom stereocenters. The number of methoxy groups -OCH3 is 1. The van der Waals surface area contributed by atoms with Gasteiger partial charge in [0.25, 0.3) is 0 Å². The number of rotatable bonds is 4. The molecule has 0 aromatic carbocycles. The van der Waals surface area contributed by atoms with Gasteiger partial charge in [-0.2, -0.15) is 0 Å². The second kappa shape index (κ2) is 4.07. The quantitative estimate of drug-likeness (QED) is 0.637. The summed E-state index contributed by atoms with van der Waals surface area (Å²) in [5.74, 6) is 0.293. The van der Waals surface area contributed by atoms with Gasteiger partial charge in [-0.15, -0.1) is 0 Å². The van der Waals surface area contributed by atoms with Crippen molar-refractivity contribution in [3.05, 3.63) is 0 Å². The zero-order valence-electron chi connectivity index (χ0n) is 8.42. The normalized spacial score (nSPS) is 19.7. The Balaban J connectivity index is 2.45. The molecule has 4 nitrogen and oxygen atoms in total. The van der Waals surface area contributed by atoms with Gasteiger partial charge in [0.05, 0.1) is 20.3 Å². The molecule has 1 N–H and O–H groups in total. The average molecular weight is 187 g/mol. The monoisotopic (exact) mass is 187 g/mol. The lowest BCUT2D eigenvalue weighted by molar-refractivity contribution is -0.169. The predicted octanol–water partition coefficient (Wildman–Crippen LogP) is 0.174. The van der Waals surface area contributed by atoms with Crippen molar-refractivity contribution in [1.82, 2.24) is 5.32 Å². The maximum absolute atomic E-state index is 11.4. The summed E-state index contributed by atoms with van der Waals surface area (Å²) in [4.78, 5) is 11.4. The second-order valence-electron chi connectivity index (χ2n) is 3.84. The Kier molecular flexibility index (Phi) is 3.27. The molecule has 1 fully saturated rings. The fraction of sp³-hybridized carbons (Fsp3) is 0.889. The van der Waals surface area contributed by atoms with Crippen LogP contribution in [0.2, 0.25) is 0 Å². The van der Waals surface area contributed by atoms with Gasteiger partial charge in [0.2, 0.25) is 0 Å². The van der Waals surface area contributed by atoms with Gasteiger partial charge in [0.1, 0.15) is 0 Å². The van der Waals surface area contributed by atoms with Crippen molar-refractivity contribution < 1.29 is 14.3 Å². The highest BCUT2D eigenvalue weighted by molar-refractivity contribution is 5.82. The summed E-state index contributed by atoms with van der Waals surface area (Å²) >= 11 is 0. The van der Waals surface area contributed by atoms with Gasteiger partial charge in [-0.05, 0) is 12.5 Å². The first kappa shape index (κ1) is 10.5. The third-order valence-electron chi connectivity index (χ3n) is 2.12. The number of ether oxygens (including phenoxy) is 2. The summed E-state index contributed by atoms with van der Waals surface area (Å²) in [6.07, 6.45) is 0. The summed E-state index contributed by atoms with van der Waals surface area (Å²) in [7, 11) is 1.40. The van der Waals surface area contributed by atoms with Crippen molar-refractivity contribution in [2.24, 2.45) is 5.92 Å². The lowest BCUT2D eigenvalue weighted by atomic mass is 9.97. The molecule has 1 rings (SSSR count). The molecule has 0 aliphatic carbocycles. The minimum Gasteiger partial charge on any atom is -0.468 e. The molecule has 1 heterocycles. The average Bonchev–Trinajstić information content (AvgIpc) is 2.01. The van der Waals surface area contributed by atoms with Crippen molar-refractivity contribution in [2.45, 2.75) is 19.4 Å². The Morgan fingerprint density at radius 3 is 2.54 bits per heavy atom. The molecule has 1 saturated heterocycles. The van der Waals surface area contributed by atoms with Crippen LogP contribution in [0.25, 0.3) is 0 Å². The van der Waals surface area contributed by atoms with Gasteiger partial charge in [-0.3, -0.25) is 5.32 Å². The molecule has 0 aromatic rings. The highest BCUT2D eigenvalue weighted by atomic mass is 16.5. The lowest BCUT2D eigenvalue weighted by Crippen LogP contribution is -2.66. The van der Waals surface area contributed by atoms with Crippen LogP contribution in [0.3, 0.4) is 0 Å². The summed E-state index contributed by atoms with van der Waals surface area (Å²) in [6, 6.07) is 0. The van der Waals surface area contributed by atoms with Gasteiger partial charge in [-0.25, -0.2) is 4.79 Å². The highest BCUT2D eigenvalue weighted by Gasteiger charge is 2.46. The third-order valence-corrected chi connectivity index (χ3v) is 2.12. The molecule has 0 bridgehead atoms. The Morgan fingerprint density at radius 2 is 2.23 bits per heavy atom. The van der Waals surface area contributed by atoms with Crippen LogP contribution in [0.1, 0.15) is 13.8 Å². The van der Waals surface area contributed by atoms with E-state index in [9.17, 15) is 4.79 Å². The van der Waals surface area contributed by atoms with Crippen LogP contribution in [0.15, 0.2) is 0 Å². The summed E-state index contributed by atoms with van der Waals surface area (Å²) < 4.78 is 9.74. The summed E-state index contributed by atoms with van der Waals surface area (Å²) in [5.41, 5.74) is -0.570. The number of hydrogen-bond acceptors (Lipinski definition) is 4. The van der Waals surface area contributed by atoms with Gasteiger partial charge in [0, 0.05) is 0 Å². The molecule has 0 spiro atoms. The zero-order valence-corrected chi connectivity index (χ0v) is 8.42. The van der Waals surface area contributed by atoms with E-state index in [0.717, 1.165) is 6.54 Å². The van der Waals surface area contributed by atoms with Crippen molar-refractivity contribution in [1.29, 1.82) is 0 Å². The molecule has 0 saturated carbocycles. The minimum atomic E-state index is -0.570. The van der Waals surface area contributed by atoms with Crippen LogP contribution >= 0.6 is 0 Å². The third kappa shape index (κ3) is 2.19. The smallest absolute Gasteiger partial charge is 0.330 e. The van der Waals surface area contributed by atoms with Crippen LogP contribution in [0, 0.1) is 5.92 Å². The standard InChI is InChI=1S/C9H17NO3/c1-7(2)4-10-9(5-13-6-9)8(11)12-3/h7,10H,4-6H2,1-3H3. The van der Waals surface area contributed by atoms with E-state index < -0.39 is 5.54 Å². The number of carbonyl (C=O) groups is 1. The zero-order chi connectivity index (χ0) is 9.90. The van der Waals surface area contributed by atoms with E-state index in [4.69, 9.17) is 9.47 Å². The number of hydrogen-bond donors (Lipinski definition) is 1. The van der Waals surface area contributed by atoms with Crippen LogP contribution in [0.5, 0.6) is 0 Å². The topological polar surface area (TPSA) is 47.6 Å². The Hall–Kier alpha value is -0.610. The fourth-order valence-corrected chi connectivity index (χ4v) is 1.19. The van der Waals surface area contributed by atoms with E-state index in [1.807, 2.05) is 0 Å². The predicted molar refractivity (Wildman–Crippen MR) is 48.4 cm³/mol. The number of esters is 1. The van der Waals surface area contributed by atoms with Crippen LogP contribution in [-0.2, 0) is 14.3 Å². The van der Waals surface area contributed by atoms with E-state index in [0.29, 0.717) is 19.1 Å². The van der Waals surface area contributed by atoms with Gasteiger partial charge in [0.15, 0.2) is 5.54 Å². The molecule has 76 valence electrons. The SMILES string of the molecule is COC(=O)C1(NCC(C)C)COC1. The van der Waals surface area contributed by atoms with E-state index in [2.05, 4.69) is 19.2 Å². The first-order valence-electron chi connectivity index (χ1n) is 4.52. The van der Waals surface area contributed by atoms with E-state index in [1.165, 1.54) is 7.11 Å². The minimum absolute atomic E-state index is 0.223. The van der Waals surface area contributed by atoms with Crippen LogP contribution < -0.4 is 5.32 Å². The molecule has 4 heteroatoms. The van der Waals surface area contributed by atoms with Crippen LogP contribution in [0.4, 0.5) is 0 Å². The molecule has 0 unspecified atom stereocenters. The molecule has 1 aliphatic heterocycles. The van der Waals surface area contributed by atoms with Gasteiger partial charge >= 0.3 is 5.97 Å². The van der Waals surface area contributed by atoms with Crippen molar-refractivity contribution in [3.63, 3.8) is 0 Å². The maximum Gasteiger partial charge on any atom is 0.330 e. The Labute approximate surface area is 78.6 Å². The lowest BCUT2D eigenvalue weighted by Gasteiger charge is -2.39. The molecule has 0 radical (unpaired) electrons. The second-order valence-corrected chi connectivity index (χ2v) is 3.84. The molecule has 0 amide bonds. The molecule has 1 aliphatic rings. The molecule has 0 aromatic heterocycles. The Bertz CT molecular complexity index is 187. The fourth-order valence-electron chi connectivity index (χ4n) is 1.19. The van der Waals surface area contributed by atoms with Crippen molar-refractivity contribution >= 4 is 5.97 Å². The molecule has 13 heavy (non-hydrogen) atoms. The molecular weight excluding hydrogens is 170 g/mol. The van der Waals surface area contributed by atoms with Gasteiger partial charge < -0.3 is 9.47 Å². The van der Waals surface area contributed by atoms with E-state index >= 15 is 0 Å². The van der Waals surface area contributed by atoms with E-state index in [1.54, 1.807) is 0 Å². The maximum atomic E-state index is 11.4. The van der Waals surface area contributed by atoms with Gasteiger partial charge in [-0.1, -0.05) is 13.8 Å². The first-order chi connectivity index (χ1) is 6.10. The van der Waals surface area contributed by atoms with Crippen molar-refractivity contribution in [2.75, 3.05) is 26.9 Å². The Morgan fingerprint density at radius 1 is 1.62 bits per heavy atom. The van der Waals surface area contributed by atoms with Crippen LogP contribution in [-0.4, -0.2) is 38.4 Å². The van der Waals surface area contributed by atoms with E-state index in [-0.39, 0.29) is 5.97 Å². The largest absolute Gasteiger partial charge is 0.468 e. The highest BCUT2D eigenvalue weighted by Crippen LogP contribution is 2.18. The summed E-state index contributed by atoms with van der Waals surface area (Å²) in [5, 5.41) is 3.18. The van der Waals surface area contributed by atoms with Crippen molar-refractivity contribution in [3.8, 4) is 0 Å². The first-order valence-corrected chi connectivity index (χ1v) is 4.52. The number of carbonyl (C=O) groups excluding carboxylic acids is 1.